The zero-order chi connectivity index (χ0) is 21.3. The van der Waals surface area contributed by atoms with E-state index < -0.39 is 0 Å². The number of rotatable bonds is 6. The number of carbonyl (C=O) groups excluding carboxylic acids is 3. The van der Waals surface area contributed by atoms with Crippen molar-refractivity contribution in [3.05, 3.63) is 23.8 Å². The number of anilines is 2. The second-order valence-electron chi connectivity index (χ2n) is 9.61. The molecule has 162 valence electrons. The van der Waals surface area contributed by atoms with Crippen molar-refractivity contribution in [1.29, 1.82) is 0 Å². The van der Waals surface area contributed by atoms with Gasteiger partial charge in [0, 0.05) is 25.4 Å². The molecule has 4 bridgehead atoms. The summed E-state index contributed by atoms with van der Waals surface area (Å²) < 4.78 is 0. The smallest absolute Gasteiger partial charge is 0.315 e. The van der Waals surface area contributed by atoms with Gasteiger partial charge in [0.2, 0.25) is 11.8 Å². The van der Waals surface area contributed by atoms with Crippen molar-refractivity contribution >= 4 is 29.2 Å². The quantitative estimate of drug-likeness (QED) is 0.575. The lowest BCUT2D eigenvalue weighted by molar-refractivity contribution is -0.116. The van der Waals surface area contributed by atoms with Crippen molar-refractivity contribution in [2.45, 2.75) is 64.3 Å². The highest BCUT2D eigenvalue weighted by atomic mass is 16.2. The molecule has 7 nitrogen and oxygen atoms in total. The summed E-state index contributed by atoms with van der Waals surface area (Å²) in [5, 5.41) is 11.7. The van der Waals surface area contributed by atoms with Gasteiger partial charge >= 0.3 is 6.03 Å². The van der Waals surface area contributed by atoms with E-state index in [-0.39, 0.29) is 36.3 Å². The van der Waals surface area contributed by atoms with Crippen LogP contribution in [0.15, 0.2) is 18.2 Å². The lowest BCUT2D eigenvalue weighted by Gasteiger charge is -2.56. The Bertz CT molecular complexity index is 816. The highest BCUT2D eigenvalue weighted by Gasteiger charge is 2.51. The molecule has 0 radical (unpaired) electrons. The van der Waals surface area contributed by atoms with Crippen molar-refractivity contribution in [2.24, 2.45) is 17.8 Å². The SMILES string of the molecule is CC(=O)Nc1ccc(C)cc1NC(=O)CCNC(=O)NC12CC3CC(CC(C3)C1)C2. The molecule has 4 fully saturated rings. The summed E-state index contributed by atoms with van der Waals surface area (Å²) in [6.07, 6.45) is 7.48. The summed E-state index contributed by atoms with van der Waals surface area (Å²) in [4.78, 5) is 36.2. The summed E-state index contributed by atoms with van der Waals surface area (Å²) in [5.74, 6) is 1.91. The van der Waals surface area contributed by atoms with Gasteiger partial charge in [-0.1, -0.05) is 6.07 Å². The number of hydrogen-bond acceptors (Lipinski definition) is 3. The molecule has 0 saturated heterocycles. The molecular weight excluding hydrogens is 380 g/mol. The third-order valence-electron chi connectivity index (χ3n) is 6.81. The number of benzene rings is 1. The molecule has 5 rings (SSSR count). The monoisotopic (exact) mass is 412 g/mol. The maximum absolute atomic E-state index is 12.5. The van der Waals surface area contributed by atoms with Crippen LogP contribution >= 0.6 is 0 Å². The fourth-order valence-electron chi connectivity index (χ4n) is 6.11. The van der Waals surface area contributed by atoms with E-state index in [4.69, 9.17) is 0 Å². The Morgan fingerprint density at radius 1 is 0.967 bits per heavy atom. The van der Waals surface area contributed by atoms with Crippen molar-refractivity contribution in [1.82, 2.24) is 10.6 Å². The second-order valence-corrected chi connectivity index (χ2v) is 9.61. The Morgan fingerprint density at radius 3 is 2.20 bits per heavy atom. The molecule has 4 amide bonds. The van der Waals surface area contributed by atoms with Crippen LogP contribution < -0.4 is 21.3 Å². The summed E-state index contributed by atoms with van der Waals surface area (Å²) in [6, 6.07) is 5.29. The molecule has 4 aliphatic rings. The maximum Gasteiger partial charge on any atom is 0.315 e. The molecule has 0 unspecified atom stereocenters. The largest absolute Gasteiger partial charge is 0.338 e. The third-order valence-corrected chi connectivity index (χ3v) is 6.81. The molecule has 0 heterocycles. The summed E-state index contributed by atoms with van der Waals surface area (Å²) in [6.45, 7) is 3.62. The van der Waals surface area contributed by atoms with Crippen LogP contribution in [-0.2, 0) is 9.59 Å². The molecule has 30 heavy (non-hydrogen) atoms. The third kappa shape index (κ3) is 4.77. The molecule has 4 saturated carbocycles. The van der Waals surface area contributed by atoms with Crippen LogP contribution in [-0.4, -0.2) is 29.9 Å². The van der Waals surface area contributed by atoms with Crippen molar-refractivity contribution < 1.29 is 14.4 Å². The van der Waals surface area contributed by atoms with E-state index in [2.05, 4.69) is 21.3 Å². The average molecular weight is 413 g/mol. The van der Waals surface area contributed by atoms with Crippen molar-refractivity contribution in [3.63, 3.8) is 0 Å². The molecule has 4 N–H and O–H groups in total. The Labute approximate surface area is 177 Å². The van der Waals surface area contributed by atoms with Crippen LogP contribution in [0.5, 0.6) is 0 Å². The van der Waals surface area contributed by atoms with Gasteiger partial charge < -0.3 is 21.3 Å². The normalized spacial score (nSPS) is 28.7. The Kier molecular flexibility index (Phi) is 5.71. The van der Waals surface area contributed by atoms with Crippen LogP contribution in [0.1, 0.15) is 57.4 Å². The maximum atomic E-state index is 12.5. The minimum Gasteiger partial charge on any atom is -0.338 e. The minimum atomic E-state index is -0.206. The summed E-state index contributed by atoms with van der Waals surface area (Å²) in [5.41, 5.74) is 2.07. The van der Waals surface area contributed by atoms with Gasteiger partial charge in [-0.2, -0.15) is 0 Å². The van der Waals surface area contributed by atoms with Gasteiger partial charge in [-0.25, -0.2) is 4.79 Å². The average Bonchev–Trinajstić information content (AvgIpc) is 2.62. The van der Waals surface area contributed by atoms with E-state index >= 15 is 0 Å². The van der Waals surface area contributed by atoms with Crippen LogP contribution in [0.4, 0.5) is 16.2 Å². The van der Waals surface area contributed by atoms with Crippen LogP contribution in [0, 0.1) is 24.7 Å². The Hall–Kier alpha value is -2.57. The number of carbonyl (C=O) groups is 3. The van der Waals surface area contributed by atoms with Gasteiger partial charge in [-0.3, -0.25) is 9.59 Å². The van der Waals surface area contributed by atoms with Gasteiger partial charge in [0.1, 0.15) is 0 Å². The molecule has 1 aromatic rings. The minimum absolute atomic E-state index is 0.0318. The molecule has 0 atom stereocenters. The van der Waals surface area contributed by atoms with Gasteiger partial charge in [0.25, 0.3) is 0 Å². The van der Waals surface area contributed by atoms with Crippen molar-refractivity contribution in [3.8, 4) is 0 Å². The van der Waals surface area contributed by atoms with E-state index in [0.29, 0.717) is 11.4 Å². The highest BCUT2D eigenvalue weighted by molar-refractivity contribution is 5.99. The number of urea groups is 1. The zero-order valence-corrected chi connectivity index (χ0v) is 17.8. The number of nitrogens with one attached hydrogen (secondary N) is 4. The molecular formula is C23H32N4O3. The fourth-order valence-corrected chi connectivity index (χ4v) is 6.11. The molecule has 0 aromatic heterocycles. The topological polar surface area (TPSA) is 99.3 Å². The predicted molar refractivity (Wildman–Crippen MR) is 116 cm³/mol. The van der Waals surface area contributed by atoms with E-state index in [1.165, 1.54) is 26.2 Å². The van der Waals surface area contributed by atoms with Gasteiger partial charge in [0.15, 0.2) is 0 Å². The highest BCUT2D eigenvalue weighted by Crippen LogP contribution is 2.55. The molecule has 0 spiro atoms. The van der Waals surface area contributed by atoms with Gasteiger partial charge in [0.05, 0.1) is 11.4 Å². The second kappa shape index (κ2) is 8.28. The molecule has 0 aliphatic heterocycles. The summed E-state index contributed by atoms with van der Waals surface area (Å²) in [7, 11) is 0. The Balaban J connectivity index is 1.25. The first-order chi connectivity index (χ1) is 14.3. The van der Waals surface area contributed by atoms with Gasteiger partial charge in [-0.15, -0.1) is 0 Å². The first-order valence-corrected chi connectivity index (χ1v) is 11.0. The first kappa shape index (κ1) is 20.7. The lowest BCUT2D eigenvalue weighted by Crippen LogP contribution is -2.61. The molecule has 7 heteroatoms. The fraction of sp³-hybridized carbons (Fsp3) is 0.609. The van der Waals surface area contributed by atoms with Gasteiger partial charge in [-0.05, 0) is 80.9 Å². The van der Waals surface area contributed by atoms with Crippen LogP contribution in [0.2, 0.25) is 0 Å². The van der Waals surface area contributed by atoms with E-state index in [1.807, 2.05) is 19.1 Å². The predicted octanol–water partition coefficient (Wildman–Crippen LogP) is 3.55. The van der Waals surface area contributed by atoms with Crippen LogP contribution in [0.25, 0.3) is 0 Å². The zero-order valence-electron chi connectivity index (χ0n) is 17.8. The van der Waals surface area contributed by atoms with E-state index in [1.54, 1.807) is 6.07 Å². The van der Waals surface area contributed by atoms with E-state index in [0.717, 1.165) is 42.6 Å². The van der Waals surface area contributed by atoms with Crippen LogP contribution in [0.3, 0.4) is 0 Å². The molecule has 4 aliphatic carbocycles. The Morgan fingerprint density at radius 2 is 1.60 bits per heavy atom. The number of aryl methyl sites for hydroxylation is 1. The number of hydrogen-bond donors (Lipinski definition) is 4. The first-order valence-electron chi connectivity index (χ1n) is 11.0. The summed E-state index contributed by atoms with van der Waals surface area (Å²) >= 11 is 0. The van der Waals surface area contributed by atoms with Crippen molar-refractivity contribution in [2.75, 3.05) is 17.2 Å². The standard InChI is InChI=1S/C23H32N4O3/c1-14-3-4-19(25-15(2)28)20(7-14)26-21(29)5-6-24-22(30)27-23-11-16-8-17(12-23)10-18(9-16)13-23/h3-4,7,16-18H,5-6,8-13H2,1-2H3,(H,25,28)(H,26,29)(H2,24,27,30). The number of amides is 4. The van der Waals surface area contributed by atoms with E-state index in [9.17, 15) is 14.4 Å². The molecule has 1 aromatic carbocycles. The lowest BCUT2D eigenvalue weighted by atomic mass is 9.53.